The number of likely N-dealkylation sites (tertiary alicyclic amines) is 1. The monoisotopic (exact) mass is 430 g/mol. The number of methoxy groups -OCH3 is 1. The van der Waals surface area contributed by atoms with Gasteiger partial charge in [-0.25, -0.2) is 4.98 Å². The number of ether oxygens (including phenoxy) is 1. The van der Waals surface area contributed by atoms with E-state index in [1.807, 2.05) is 35.2 Å². The van der Waals surface area contributed by atoms with Crippen LogP contribution in [0.4, 0.5) is 0 Å². The molecule has 0 spiro atoms. The fourth-order valence-electron chi connectivity index (χ4n) is 3.41. The number of nitrogens with zero attached hydrogens (tertiary/aromatic N) is 2. The minimum absolute atomic E-state index is 0.0687. The third-order valence-corrected chi connectivity index (χ3v) is 6.59. The van der Waals surface area contributed by atoms with Gasteiger partial charge in [0.25, 0.3) is 5.91 Å². The lowest BCUT2D eigenvalue weighted by Crippen LogP contribution is -2.39. The number of hydrogen-bond acceptors (Lipinski definition) is 4. The average Bonchev–Trinajstić information content (AvgIpc) is 3.12. The van der Waals surface area contributed by atoms with Gasteiger partial charge in [-0.3, -0.25) is 4.79 Å². The molecule has 2 heterocycles. The number of aromatic nitrogens is 1. The molecule has 3 aromatic rings. The Morgan fingerprint density at radius 3 is 2.92 bits per heavy atom. The van der Waals surface area contributed by atoms with Crippen molar-refractivity contribution in [2.75, 3.05) is 20.2 Å². The van der Waals surface area contributed by atoms with Gasteiger partial charge < -0.3 is 9.64 Å². The topological polar surface area (TPSA) is 42.4 Å². The predicted molar refractivity (Wildman–Crippen MR) is 108 cm³/mol. The minimum atomic E-state index is 0.0687. The van der Waals surface area contributed by atoms with E-state index >= 15 is 0 Å². The highest BCUT2D eigenvalue weighted by atomic mass is 79.9. The molecule has 1 amide bonds. The van der Waals surface area contributed by atoms with Crippen molar-refractivity contribution in [2.24, 2.45) is 0 Å². The highest BCUT2D eigenvalue weighted by Crippen LogP contribution is 2.34. The molecule has 0 radical (unpaired) electrons. The van der Waals surface area contributed by atoms with Crippen molar-refractivity contribution in [3.8, 4) is 5.75 Å². The van der Waals surface area contributed by atoms with Crippen LogP contribution in [0.1, 0.15) is 34.1 Å². The van der Waals surface area contributed by atoms with Gasteiger partial charge in [-0.1, -0.05) is 12.1 Å². The lowest BCUT2D eigenvalue weighted by Gasteiger charge is -2.32. The van der Waals surface area contributed by atoms with Crippen molar-refractivity contribution in [3.63, 3.8) is 0 Å². The molecule has 2 aromatic carbocycles. The van der Waals surface area contributed by atoms with E-state index in [2.05, 4.69) is 28.1 Å². The lowest BCUT2D eigenvalue weighted by atomic mass is 9.98. The SMILES string of the molecule is COc1ccc(C(=O)N2CCC[C@H](c3nc4ccccc4s3)C2)cc1Br. The average molecular weight is 431 g/mol. The highest BCUT2D eigenvalue weighted by Gasteiger charge is 2.27. The second kappa shape index (κ2) is 7.37. The Balaban J connectivity index is 1.54. The minimum Gasteiger partial charge on any atom is -0.496 e. The number of halogens is 1. The summed E-state index contributed by atoms with van der Waals surface area (Å²) >= 11 is 5.21. The summed E-state index contributed by atoms with van der Waals surface area (Å²) in [6, 6.07) is 13.7. The van der Waals surface area contributed by atoms with Crippen molar-refractivity contribution < 1.29 is 9.53 Å². The molecular formula is C20H19BrN2O2S. The van der Waals surface area contributed by atoms with Crippen LogP contribution in [0.5, 0.6) is 5.75 Å². The number of fused-ring (bicyclic) bond motifs is 1. The Morgan fingerprint density at radius 1 is 1.31 bits per heavy atom. The Morgan fingerprint density at radius 2 is 2.15 bits per heavy atom. The summed E-state index contributed by atoms with van der Waals surface area (Å²) in [6.07, 6.45) is 2.08. The third-order valence-electron chi connectivity index (χ3n) is 4.77. The number of para-hydroxylation sites is 1. The van der Waals surface area contributed by atoms with Gasteiger partial charge in [-0.15, -0.1) is 11.3 Å². The van der Waals surface area contributed by atoms with Crippen LogP contribution >= 0.6 is 27.3 Å². The van der Waals surface area contributed by atoms with Crippen molar-refractivity contribution in [3.05, 3.63) is 57.5 Å². The maximum atomic E-state index is 12.9. The molecular weight excluding hydrogens is 412 g/mol. The van der Waals surface area contributed by atoms with Crippen LogP contribution in [0.15, 0.2) is 46.9 Å². The predicted octanol–water partition coefficient (Wildman–Crippen LogP) is 5.09. The van der Waals surface area contributed by atoms with Crippen molar-refractivity contribution in [1.29, 1.82) is 0 Å². The number of hydrogen-bond donors (Lipinski definition) is 0. The zero-order chi connectivity index (χ0) is 18.1. The molecule has 1 saturated heterocycles. The van der Waals surface area contributed by atoms with E-state index in [9.17, 15) is 4.79 Å². The fraction of sp³-hybridized carbons (Fsp3) is 0.300. The molecule has 134 valence electrons. The molecule has 4 rings (SSSR count). The lowest BCUT2D eigenvalue weighted by molar-refractivity contribution is 0.0707. The maximum absolute atomic E-state index is 12.9. The molecule has 1 aliphatic heterocycles. The van der Waals surface area contributed by atoms with Crippen LogP contribution in [0.3, 0.4) is 0 Å². The molecule has 0 bridgehead atoms. The first kappa shape index (κ1) is 17.5. The molecule has 0 unspecified atom stereocenters. The van der Waals surface area contributed by atoms with Crippen LogP contribution < -0.4 is 4.74 Å². The van der Waals surface area contributed by atoms with Gasteiger partial charge in [0, 0.05) is 24.6 Å². The van der Waals surface area contributed by atoms with E-state index in [0.717, 1.165) is 46.7 Å². The van der Waals surface area contributed by atoms with Gasteiger partial charge >= 0.3 is 0 Å². The fourth-order valence-corrected chi connectivity index (χ4v) is 5.04. The Labute approximate surface area is 164 Å². The number of rotatable bonds is 3. The number of amides is 1. The summed E-state index contributed by atoms with van der Waals surface area (Å²) in [5, 5.41) is 1.14. The largest absolute Gasteiger partial charge is 0.496 e. The Hall–Kier alpha value is -1.92. The second-order valence-electron chi connectivity index (χ2n) is 6.46. The number of piperidine rings is 1. The van der Waals surface area contributed by atoms with E-state index in [1.165, 1.54) is 4.70 Å². The molecule has 1 atom stereocenters. The maximum Gasteiger partial charge on any atom is 0.253 e. The second-order valence-corrected chi connectivity index (χ2v) is 8.38. The third kappa shape index (κ3) is 3.35. The smallest absolute Gasteiger partial charge is 0.253 e. The van der Waals surface area contributed by atoms with E-state index in [0.29, 0.717) is 11.5 Å². The zero-order valence-corrected chi connectivity index (χ0v) is 16.8. The Kier molecular flexibility index (Phi) is 4.96. The summed E-state index contributed by atoms with van der Waals surface area (Å²) in [7, 11) is 1.62. The summed E-state index contributed by atoms with van der Waals surface area (Å²) in [5.41, 5.74) is 1.73. The summed E-state index contributed by atoms with van der Waals surface area (Å²) in [4.78, 5) is 19.7. The molecule has 0 saturated carbocycles. The van der Waals surface area contributed by atoms with Gasteiger partial charge in [0.2, 0.25) is 0 Å². The van der Waals surface area contributed by atoms with Crippen molar-refractivity contribution in [2.45, 2.75) is 18.8 Å². The van der Waals surface area contributed by atoms with Crippen LogP contribution in [0.2, 0.25) is 0 Å². The van der Waals surface area contributed by atoms with Crippen LogP contribution in [-0.4, -0.2) is 36.0 Å². The molecule has 0 aliphatic carbocycles. The number of benzene rings is 2. The van der Waals surface area contributed by atoms with E-state index < -0.39 is 0 Å². The summed E-state index contributed by atoms with van der Waals surface area (Å²) in [5.74, 6) is 1.11. The van der Waals surface area contributed by atoms with E-state index in [-0.39, 0.29) is 5.91 Å². The Bertz CT molecular complexity index is 923. The van der Waals surface area contributed by atoms with Gasteiger partial charge in [-0.2, -0.15) is 0 Å². The van der Waals surface area contributed by atoms with Gasteiger partial charge in [0.15, 0.2) is 0 Å². The van der Waals surface area contributed by atoms with Gasteiger partial charge in [-0.05, 0) is 59.1 Å². The number of carbonyl (C=O) groups excluding carboxylic acids is 1. The van der Waals surface area contributed by atoms with E-state index in [4.69, 9.17) is 9.72 Å². The molecule has 6 heteroatoms. The first-order valence-corrected chi connectivity index (χ1v) is 10.2. The first-order valence-electron chi connectivity index (χ1n) is 8.64. The highest BCUT2D eigenvalue weighted by molar-refractivity contribution is 9.10. The normalized spacial score (nSPS) is 17.5. The number of carbonyl (C=O) groups is 1. The number of thiazole rings is 1. The van der Waals surface area contributed by atoms with Crippen LogP contribution in [-0.2, 0) is 0 Å². The van der Waals surface area contributed by atoms with Crippen LogP contribution in [0, 0.1) is 0 Å². The standard InChI is InChI=1S/C20H19BrN2O2S/c1-25-17-9-8-13(11-15(17)21)20(24)23-10-4-5-14(12-23)19-22-16-6-2-3-7-18(16)26-19/h2-3,6-9,11,14H,4-5,10,12H2,1H3/t14-/m0/s1. The summed E-state index contributed by atoms with van der Waals surface area (Å²) in [6.45, 7) is 1.52. The molecule has 26 heavy (non-hydrogen) atoms. The zero-order valence-electron chi connectivity index (χ0n) is 14.4. The van der Waals surface area contributed by atoms with Crippen LogP contribution in [0.25, 0.3) is 10.2 Å². The molecule has 1 aromatic heterocycles. The summed E-state index contributed by atoms with van der Waals surface area (Å²) < 4.78 is 7.26. The molecule has 4 nitrogen and oxygen atoms in total. The van der Waals surface area contributed by atoms with Crippen molar-refractivity contribution >= 4 is 43.4 Å². The molecule has 0 N–H and O–H groups in total. The van der Waals surface area contributed by atoms with Crippen molar-refractivity contribution in [1.82, 2.24) is 9.88 Å². The van der Waals surface area contributed by atoms with Gasteiger partial charge in [0.05, 0.1) is 26.8 Å². The quantitative estimate of drug-likeness (QED) is 0.581. The van der Waals surface area contributed by atoms with Gasteiger partial charge in [0.1, 0.15) is 5.75 Å². The van der Waals surface area contributed by atoms with E-state index in [1.54, 1.807) is 18.4 Å². The first-order chi connectivity index (χ1) is 12.7. The molecule has 1 fully saturated rings. The molecule has 1 aliphatic rings.